The summed E-state index contributed by atoms with van der Waals surface area (Å²) in [4.78, 5) is 17.5. The molecule has 4 nitrogen and oxygen atoms in total. The first-order chi connectivity index (χ1) is 11.7. The Hall–Kier alpha value is -2.17. The number of fused-ring (bicyclic) bond motifs is 1. The monoisotopic (exact) mass is 321 g/mol. The van der Waals surface area contributed by atoms with E-state index in [4.69, 9.17) is 0 Å². The van der Waals surface area contributed by atoms with E-state index < -0.39 is 0 Å². The lowest BCUT2D eigenvalue weighted by Gasteiger charge is -2.40. The summed E-state index contributed by atoms with van der Waals surface area (Å²) in [5, 5.41) is 3.34. The molecule has 0 aromatic heterocycles. The number of nitrogens with one attached hydrogen (secondary N) is 1. The van der Waals surface area contributed by atoms with E-state index in [-0.39, 0.29) is 11.9 Å². The Kier molecular flexibility index (Phi) is 4.08. The number of piperazine rings is 1. The van der Waals surface area contributed by atoms with E-state index in [2.05, 4.69) is 41.5 Å². The molecule has 4 heteroatoms. The molecule has 1 atom stereocenters. The summed E-state index contributed by atoms with van der Waals surface area (Å²) in [6.45, 7) is 4.33. The Labute approximate surface area is 143 Å². The van der Waals surface area contributed by atoms with E-state index in [1.54, 1.807) is 0 Å². The normalized spacial score (nSPS) is 20.9. The van der Waals surface area contributed by atoms with Crippen molar-refractivity contribution in [3.05, 3.63) is 70.8 Å². The molecule has 1 amide bonds. The Morgan fingerprint density at radius 1 is 1.04 bits per heavy atom. The molecule has 2 heterocycles. The third-order valence-corrected chi connectivity index (χ3v) is 5.11. The van der Waals surface area contributed by atoms with Crippen molar-refractivity contribution in [1.29, 1.82) is 0 Å². The fraction of sp³-hybridized carbons (Fsp3) is 0.350. The Morgan fingerprint density at radius 2 is 1.83 bits per heavy atom. The molecule has 2 aromatic carbocycles. The zero-order chi connectivity index (χ0) is 16.5. The molecule has 0 saturated carbocycles. The van der Waals surface area contributed by atoms with Gasteiger partial charge in [0.2, 0.25) is 0 Å². The molecule has 0 radical (unpaired) electrons. The molecule has 24 heavy (non-hydrogen) atoms. The number of carbonyl (C=O) groups excluding carboxylic acids is 1. The van der Waals surface area contributed by atoms with Crippen molar-refractivity contribution in [2.45, 2.75) is 19.1 Å². The van der Waals surface area contributed by atoms with Gasteiger partial charge < -0.3 is 15.1 Å². The molecule has 1 saturated heterocycles. The largest absolute Gasteiger partial charge is 0.329 e. The van der Waals surface area contributed by atoms with Gasteiger partial charge in [0.05, 0.1) is 6.04 Å². The van der Waals surface area contributed by atoms with Crippen molar-refractivity contribution >= 4 is 5.91 Å². The molecule has 1 fully saturated rings. The molecule has 2 aliphatic rings. The van der Waals surface area contributed by atoms with E-state index in [0.29, 0.717) is 0 Å². The summed E-state index contributed by atoms with van der Waals surface area (Å²) in [5.41, 5.74) is 4.58. The smallest absolute Gasteiger partial charge is 0.254 e. The molecular weight excluding hydrogens is 298 g/mol. The van der Waals surface area contributed by atoms with Crippen molar-refractivity contribution < 1.29 is 4.79 Å². The van der Waals surface area contributed by atoms with Gasteiger partial charge in [-0.2, -0.15) is 0 Å². The van der Waals surface area contributed by atoms with Gasteiger partial charge in [0.15, 0.2) is 0 Å². The highest BCUT2D eigenvalue weighted by Gasteiger charge is 2.31. The van der Waals surface area contributed by atoms with E-state index in [1.165, 1.54) is 16.7 Å². The van der Waals surface area contributed by atoms with Gasteiger partial charge in [0.1, 0.15) is 0 Å². The fourth-order valence-corrected chi connectivity index (χ4v) is 3.72. The topological polar surface area (TPSA) is 35.6 Å². The SMILES string of the molecule is CN1CCN(C(=O)c2ccc3c(c2)CNC3)C(c2ccccc2)C1. The van der Waals surface area contributed by atoms with Gasteiger partial charge in [-0.25, -0.2) is 0 Å². The van der Waals surface area contributed by atoms with Crippen LogP contribution in [0.4, 0.5) is 0 Å². The van der Waals surface area contributed by atoms with Crippen molar-refractivity contribution in [2.75, 3.05) is 26.7 Å². The molecular formula is C20H23N3O. The molecule has 1 unspecified atom stereocenters. The minimum Gasteiger partial charge on any atom is -0.329 e. The number of benzene rings is 2. The summed E-state index contributed by atoms with van der Waals surface area (Å²) in [6.07, 6.45) is 0. The number of nitrogens with zero attached hydrogens (tertiary/aromatic N) is 2. The van der Waals surface area contributed by atoms with Gasteiger partial charge in [0.25, 0.3) is 5.91 Å². The maximum Gasteiger partial charge on any atom is 0.254 e. The maximum atomic E-state index is 13.2. The lowest BCUT2D eigenvalue weighted by molar-refractivity contribution is 0.0498. The average molecular weight is 321 g/mol. The van der Waals surface area contributed by atoms with Crippen LogP contribution in [0.1, 0.15) is 33.1 Å². The molecule has 124 valence electrons. The lowest BCUT2D eigenvalue weighted by atomic mass is 10.00. The summed E-state index contributed by atoms with van der Waals surface area (Å²) in [5.74, 6) is 0.145. The molecule has 2 aromatic rings. The van der Waals surface area contributed by atoms with Gasteiger partial charge in [-0.3, -0.25) is 4.79 Å². The van der Waals surface area contributed by atoms with E-state index in [9.17, 15) is 4.79 Å². The van der Waals surface area contributed by atoms with Crippen LogP contribution >= 0.6 is 0 Å². The van der Waals surface area contributed by atoms with Gasteiger partial charge in [-0.1, -0.05) is 36.4 Å². The first kappa shape index (κ1) is 15.4. The van der Waals surface area contributed by atoms with Gasteiger partial charge >= 0.3 is 0 Å². The van der Waals surface area contributed by atoms with Gasteiger partial charge in [-0.05, 0) is 35.9 Å². The summed E-state index contributed by atoms with van der Waals surface area (Å²) in [6, 6.07) is 16.6. The molecule has 1 N–H and O–H groups in total. The minimum absolute atomic E-state index is 0.115. The maximum absolute atomic E-state index is 13.2. The number of hydrogen-bond acceptors (Lipinski definition) is 3. The first-order valence-corrected chi connectivity index (χ1v) is 8.59. The van der Waals surface area contributed by atoms with Crippen LogP contribution in [0.25, 0.3) is 0 Å². The summed E-state index contributed by atoms with van der Waals surface area (Å²) >= 11 is 0. The van der Waals surface area contributed by atoms with Crippen molar-refractivity contribution in [1.82, 2.24) is 15.1 Å². The zero-order valence-corrected chi connectivity index (χ0v) is 14.0. The third-order valence-electron chi connectivity index (χ3n) is 5.11. The molecule has 0 spiro atoms. The minimum atomic E-state index is 0.115. The highest BCUT2D eigenvalue weighted by atomic mass is 16.2. The predicted octanol–water partition coefficient (Wildman–Crippen LogP) is 2.42. The van der Waals surface area contributed by atoms with Crippen LogP contribution in [-0.4, -0.2) is 42.4 Å². The molecule has 0 aliphatic carbocycles. The van der Waals surface area contributed by atoms with Crippen LogP contribution in [0.3, 0.4) is 0 Å². The zero-order valence-electron chi connectivity index (χ0n) is 14.0. The van der Waals surface area contributed by atoms with Crippen LogP contribution in [-0.2, 0) is 13.1 Å². The van der Waals surface area contributed by atoms with Gasteiger partial charge in [0, 0.05) is 38.3 Å². The number of carbonyl (C=O) groups is 1. The van der Waals surface area contributed by atoms with Crippen LogP contribution in [0.2, 0.25) is 0 Å². The summed E-state index contributed by atoms with van der Waals surface area (Å²) in [7, 11) is 2.12. The summed E-state index contributed by atoms with van der Waals surface area (Å²) < 4.78 is 0. The van der Waals surface area contributed by atoms with Crippen LogP contribution in [0.5, 0.6) is 0 Å². The van der Waals surface area contributed by atoms with Crippen LogP contribution in [0, 0.1) is 0 Å². The Morgan fingerprint density at radius 3 is 2.67 bits per heavy atom. The van der Waals surface area contributed by atoms with Crippen molar-refractivity contribution in [3.63, 3.8) is 0 Å². The highest BCUT2D eigenvalue weighted by Crippen LogP contribution is 2.27. The van der Waals surface area contributed by atoms with Crippen molar-refractivity contribution in [2.24, 2.45) is 0 Å². The van der Waals surface area contributed by atoms with E-state index in [0.717, 1.165) is 38.3 Å². The van der Waals surface area contributed by atoms with Crippen LogP contribution < -0.4 is 5.32 Å². The molecule has 0 bridgehead atoms. The molecule has 2 aliphatic heterocycles. The number of hydrogen-bond donors (Lipinski definition) is 1. The third kappa shape index (κ3) is 2.83. The molecule has 4 rings (SSSR count). The van der Waals surface area contributed by atoms with E-state index >= 15 is 0 Å². The number of amides is 1. The Balaban J connectivity index is 1.64. The predicted molar refractivity (Wildman–Crippen MR) is 94.7 cm³/mol. The second-order valence-corrected chi connectivity index (χ2v) is 6.77. The highest BCUT2D eigenvalue weighted by molar-refractivity contribution is 5.95. The van der Waals surface area contributed by atoms with Gasteiger partial charge in [-0.15, -0.1) is 0 Å². The Bertz CT molecular complexity index is 744. The average Bonchev–Trinajstić information content (AvgIpc) is 3.09. The van der Waals surface area contributed by atoms with E-state index in [1.807, 2.05) is 29.2 Å². The number of rotatable bonds is 2. The fourth-order valence-electron chi connectivity index (χ4n) is 3.72. The second kappa shape index (κ2) is 6.38. The number of likely N-dealkylation sites (N-methyl/N-ethyl adjacent to an activating group) is 1. The first-order valence-electron chi connectivity index (χ1n) is 8.59. The quantitative estimate of drug-likeness (QED) is 0.923. The lowest BCUT2D eigenvalue weighted by Crippen LogP contribution is -2.49. The van der Waals surface area contributed by atoms with Crippen LogP contribution in [0.15, 0.2) is 48.5 Å². The standard InChI is InChI=1S/C20H23N3O/c1-22-9-10-23(19(14-22)15-5-3-2-4-6-15)20(24)16-7-8-17-12-21-13-18(17)11-16/h2-8,11,19,21H,9-10,12-14H2,1H3. The second-order valence-electron chi connectivity index (χ2n) is 6.77. The van der Waals surface area contributed by atoms with Crippen molar-refractivity contribution in [3.8, 4) is 0 Å².